The quantitative estimate of drug-likeness (QED) is 0.682. The molecule has 3 rings (SSSR count). The summed E-state index contributed by atoms with van der Waals surface area (Å²) in [7, 11) is 0. The summed E-state index contributed by atoms with van der Waals surface area (Å²) in [6.45, 7) is 4.94. The van der Waals surface area contributed by atoms with Gasteiger partial charge in [-0.05, 0) is 37.1 Å². The molecular weight excluding hydrogens is 310 g/mol. The molecule has 0 spiro atoms. The highest BCUT2D eigenvalue weighted by atomic mass is 79.9. The number of nitro benzene ring substituents is 1. The maximum atomic E-state index is 11.1. The molecule has 6 heteroatoms. The third-order valence-corrected chi connectivity index (χ3v) is 4.60. The number of fused-ring (bicyclic) bond motifs is 1. The Labute approximate surface area is 120 Å². The van der Waals surface area contributed by atoms with Gasteiger partial charge < -0.3 is 5.32 Å². The fourth-order valence-electron chi connectivity index (χ4n) is 3.16. The van der Waals surface area contributed by atoms with Crippen LogP contribution in [0, 0.1) is 22.0 Å². The lowest BCUT2D eigenvalue weighted by atomic mass is 10.0. The van der Waals surface area contributed by atoms with Gasteiger partial charge in [-0.3, -0.25) is 15.0 Å². The molecule has 19 heavy (non-hydrogen) atoms. The van der Waals surface area contributed by atoms with Crippen LogP contribution in [0.25, 0.3) is 0 Å². The van der Waals surface area contributed by atoms with Crippen LogP contribution >= 0.6 is 15.9 Å². The van der Waals surface area contributed by atoms with Crippen molar-refractivity contribution in [1.82, 2.24) is 10.2 Å². The second-order valence-electron chi connectivity index (χ2n) is 5.40. The van der Waals surface area contributed by atoms with Gasteiger partial charge in [0, 0.05) is 35.7 Å². The van der Waals surface area contributed by atoms with Crippen LogP contribution in [-0.4, -0.2) is 36.0 Å². The first kappa shape index (κ1) is 13.0. The fraction of sp³-hybridized carbons (Fsp3) is 0.538. The number of nitrogens with one attached hydrogen (secondary N) is 1. The third kappa shape index (κ3) is 2.66. The summed E-state index contributed by atoms with van der Waals surface area (Å²) >= 11 is 3.29. The van der Waals surface area contributed by atoms with Crippen LogP contribution in [-0.2, 0) is 6.54 Å². The molecule has 102 valence electrons. The summed E-state index contributed by atoms with van der Waals surface area (Å²) in [5, 5.41) is 14.5. The molecule has 0 amide bonds. The van der Waals surface area contributed by atoms with Crippen LogP contribution in [0.5, 0.6) is 0 Å². The molecule has 2 fully saturated rings. The van der Waals surface area contributed by atoms with Gasteiger partial charge in [-0.15, -0.1) is 0 Å². The Morgan fingerprint density at radius 3 is 2.68 bits per heavy atom. The monoisotopic (exact) mass is 325 g/mol. The SMILES string of the molecule is O=[N+]([O-])c1cc(Br)ccc1CN1C[C@H]2CNC[C@H]2C1. The van der Waals surface area contributed by atoms with Crippen molar-refractivity contribution in [3.8, 4) is 0 Å². The Morgan fingerprint density at radius 2 is 2.05 bits per heavy atom. The molecule has 2 aliphatic rings. The summed E-state index contributed by atoms with van der Waals surface area (Å²) < 4.78 is 0.755. The maximum absolute atomic E-state index is 11.1. The predicted molar refractivity (Wildman–Crippen MR) is 75.9 cm³/mol. The molecule has 1 N–H and O–H groups in total. The van der Waals surface area contributed by atoms with E-state index in [2.05, 4.69) is 26.1 Å². The van der Waals surface area contributed by atoms with Gasteiger partial charge in [-0.2, -0.15) is 0 Å². The summed E-state index contributed by atoms with van der Waals surface area (Å²) in [6.07, 6.45) is 0. The van der Waals surface area contributed by atoms with Crippen molar-refractivity contribution in [2.75, 3.05) is 26.2 Å². The molecule has 0 saturated carbocycles. The van der Waals surface area contributed by atoms with Gasteiger partial charge in [-0.25, -0.2) is 0 Å². The van der Waals surface area contributed by atoms with Crippen LogP contribution in [0.2, 0.25) is 0 Å². The zero-order valence-corrected chi connectivity index (χ0v) is 12.1. The Kier molecular flexibility index (Phi) is 3.56. The van der Waals surface area contributed by atoms with E-state index in [9.17, 15) is 10.1 Å². The van der Waals surface area contributed by atoms with Gasteiger partial charge in [-0.1, -0.05) is 15.9 Å². The van der Waals surface area contributed by atoms with Crippen LogP contribution in [0.3, 0.4) is 0 Å². The molecular formula is C13H16BrN3O2. The molecule has 2 atom stereocenters. The van der Waals surface area contributed by atoms with Crippen molar-refractivity contribution >= 4 is 21.6 Å². The summed E-state index contributed by atoms with van der Waals surface area (Å²) in [6, 6.07) is 5.32. The van der Waals surface area contributed by atoms with Gasteiger partial charge in [0.2, 0.25) is 0 Å². The average Bonchev–Trinajstić information content (AvgIpc) is 2.91. The highest BCUT2D eigenvalue weighted by Crippen LogP contribution is 2.30. The smallest absolute Gasteiger partial charge is 0.275 e. The van der Waals surface area contributed by atoms with Crippen molar-refractivity contribution < 1.29 is 4.92 Å². The Balaban J connectivity index is 1.75. The number of rotatable bonds is 3. The Hall–Kier alpha value is -0.980. The molecule has 0 unspecified atom stereocenters. The van der Waals surface area contributed by atoms with E-state index in [1.165, 1.54) is 0 Å². The van der Waals surface area contributed by atoms with Crippen molar-refractivity contribution in [3.63, 3.8) is 0 Å². The predicted octanol–water partition coefficient (Wildman–Crippen LogP) is 2.01. The molecule has 2 heterocycles. The first-order valence-electron chi connectivity index (χ1n) is 6.49. The highest BCUT2D eigenvalue weighted by Gasteiger charge is 2.36. The van der Waals surface area contributed by atoms with Crippen molar-refractivity contribution in [2.45, 2.75) is 6.54 Å². The second-order valence-corrected chi connectivity index (χ2v) is 6.32. The van der Waals surface area contributed by atoms with E-state index in [4.69, 9.17) is 0 Å². The van der Waals surface area contributed by atoms with E-state index in [1.807, 2.05) is 12.1 Å². The standard InChI is InChI=1S/C13H16BrN3O2/c14-12-2-1-9(13(3-12)17(18)19)6-16-7-10-4-15-5-11(10)8-16/h1-3,10-11,15H,4-8H2/t10-,11+. The Morgan fingerprint density at radius 1 is 1.37 bits per heavy atom. The molecule has 1 aromatic carbocycles. The average molecular weight is 326 g/mol. The maximum Gasteiger partial charge on any atom is 0.275 e. The molecule has 0 radical (unpaired) electrons. The number of hydrogen-bond acceptors (Lipinski definition) is 4. The number of nitro groups is 1. The van der Waals surface area contributed by atoms with Crippen molar-refractivity contribution in [2.24, 2.45) is 11.8 Å². The van der Waals surface area contributed by atoms with Crippen LogP contribution < -0.4 is 5.32 Å². The Bertz CT molecular complexity index is 497. The minimum Gasteiger partial charge on any atom is -0.316 e. The van der Waals surface area contributed by atoms with Gasteiger partial charge >= 0.3 is 0 Å². The number of benzene rings is 1. The molecule has 2 saturated heterocycles. The first-order chi connectivity index (χ1) is 9.13. The lowest BCUT2D eigenvalue weighted by molar-refractivity contribution is -0.385. The normalized spacial score (nSPS) is 26.6. The molecule has 2 aliphatic heterocycles. The van der Waals surface area contributed by atoms with E-state index in [-0.39, 0.29) is 10.6 Å². The van der Waals surface area contributed by atoms with Gasteiger partial charge in [0.15, 0.2) is 0 Å². The summed E-state index contributed by atoms with van der Waals surface area (Å²) in [5.74, 6) is 1.43. The minimum atomic E-state index is -0.293. The van der Waals surface area contributed by atoms with Crippen molar-refractivity contribution in [1.29, 1.82) is 0 Å². The van der Waals surface area contributed by atoms with Gasteiger partial charge in [0.05, 0.1) is 4.92 Å². The molecule has 5 nitrogen and oxygen atoms in total. The zero-order valence-electron chi connectivity index (χ0n) is 10.5. The number of likely N-dealkylation sites (tertiary alicyclic amines) is 1. The zero-order chi connectivity index (χ0) is 13.4. The van der Waals surface area contributed by atoms with Gasteiger partial charge in [0.25, 0.3) is 5.69 Å². The fourth-order valence-corrected chi connectivity index (χ4v) is 3.51. The molecule has 0 aliphatic carbocycles. The molecule has 0 bridgehead atoms. The van der Waals surface area contributed by atoms with E-state index >= 15 is 0 Å². The lowest BCUT2D eigenvalue weighted by Gasteiger charge is -2.17. The number of nitrogens with zero attached hydrogens (tertiary/aromatic N) is 2. The summed E-state index contributed by atoms with van der Waals surface area (Å²) in [4.78, 5) is 13.1. The second kappa shape index (κ2) is 5.19. The molecule has 0 aromatic heterocycles. The highest BCUT2D eigenvalue weighted by molar-refractivity contribution is 9.10. The van der Waals surface area contributed by atoms with Crippen molar-refractivity contribution in [3.05, 3.63) is 38.3 Å². The largest absolute Gasteiger partial charge is 0.316 e. The molecule has 1 aromatic rings. The number of hydrogen-bond donors (Lipinski definition) is 1. The number of halogens is 1. The van der Waals surface area contributed by atoms with E-state index in [0.717, 1.165) is 48.1 Å². The topological polar surface area (TPSA) is 58.4 Å². The van der Waals surface area contributed by atoms with Gasteiger partial charge in [0.1, 0.15) is 0 Å². The van der Waals surface area contributed by atoms with Crippen LogP contribution in [0.4, 0.5) is 5.69 Å². The van der Waals surface area contributed by atoms with E-state index in [1.54, 1.807) is 6.07 Å². The third-order valence-electron chi connectivity index (χ3n) is 4.10. The van der Waals surface area contributed by atoms with E-state index in [0.29, 0.717) is 6.54 Å². The minimum absolute atomic E-state index is 0.213. The summed E-state index contributed by atoms with van der Waals surface area (Å²) in [5.41, 5.74) is 1.02. The van der Waals surface area contributed by atoms with E-state index < -0.39 is 0 Å². The lowest BCUT2D eigenvalue weighted by Crippen LogP contribution is -2.25. The van der Waals surface area contributed by atoms with Crippen LogP contribution in [0.15, 0.2) is 22.7 Å². The van der Waals surface area contributed by atoms with Crippen LogP contribution in [0.1, 0.15) is 5.56 Å². The first-order valence-corrected chi connectivity index (χ1v) is 7.28.